The van der Waals surface area contributed by atoms with Gasteiger partial charge < -0.3 is 0 Å². The Morgan fingerprint density at radius 1 is 0.839 bits per heavy atom. The van der Waals surface area contributed by atoms with Gasteiger partial charge in [0.1, 0.15) is 0 Å². The molecule has 0 spiro atoms. The van der Waals surface area contributed by atoms with Crippen molar-refractivity contribution in [2.45, 2.75) is 66.2 Å². The molecule has 1 fully saturated rings. The van der Waals surface area contributed by atoms with Gasteiger partial charge in [-0.2, -0.15) is 0 Å². The van der Waals surface area contributed by atoms with Gasteiger partial charge in [-0.3, -0.25) is 0 Å². The zero-order chi connectivity index (χ0) is 20.5. The third kappa shape index (κ3) is 5.43. The molecule has 1 saturated carbocycles. The van der Waals surface area contributed by atoms with Crippen LogP contribution in [0.2, 0.25) is 0 Å². The van der Waals surface area contributed by atoms with Crippen LogP contribution in [0.3, 0.4) is 0 Å². The van der Waals surface area contributed by atoms with E-state index in [2.05, 4.69) is 70.2 Å². The van der Waals surface area contributed by atoms with E-state index in [-0.39, 0.29) is 24.8 Å². The van der Waals surface area contributed by atoms with Crippen LogP contribution in [0.1, 0.15) is 76.5 Å². The van der Waals surface area contributed by atoms with Crippen LogP contribution >= 0.6 is 24.8 Å². The number of benzene rings is 2. The topological polar surface area (TPSA) is 0 Å². The van der Waals surface area contributed by atoms with Crippen molar-refractivity contribution in [1.82, 2.24) is 0 Å². The molecule has 0 radical (unpaired) electrons. The predicted octanol–water partition coefficient (Wildman–Crippen LogP) is 8.33. The quantitative estimate of drug-likeness (QED) is 0.277. The fourth-order valence-electron chi connectivity index (χ4n) is 4.99. The summed E-state index contributed by atoms with van der Waals surface area (Å²) >= 11 is 1.69. The number of allylic oxidation sites excluding steroid dienone is 4. The zero-order valence-electron chi connectivity index (χ0n) is 19.1. The van der Waals surface area contributed by atoms with E-state index in [1.54, 1.807) is 27.4 Å². The SMILES string of the molecule is CC1=C(C)C(C)C(c2[c-]c3c(cc2)-c2ccccc2C3)=C1C.Cl.Cl.[Zr]=[C]1CCCCC1. The summed E-state index contributed by atoms with van der Waals surface area (Å²) in [5.41, 5.74) is 12.7. The first-order valence-electron chi connectivity index (χ1n) is 11.1. The molecule has 1 atom stereocenters. The van der Waals surface area contributed by atoms with Crippen molar-refractivity contribution >= 4 is 33.6 Å². The van der Waals surface area contributed by atoms with Crippen molar-refractivity contribution in [2.75, 3.05) is 0 Å². The maximum atomic E-state index is 3.73. The van der Waals surface area contributed by atoms with Crippen LogP contribution in [0.25, 0.3) is 16.7 Å². The molecular formula is C28H33Cl2Zr-. The Labute approximate surface area is 215 Å². The number of fused-ring (bicyclic) bond motifs is 3. The molecule has 3 aliphatic rings. The molecule has 2 aromatic carbocycles. The zero-order valence-corrected chi connectivity index (χ0v) is 23.2. The average molecular weight is 532 g/mol. The minimum absolute atomic E-state index is 0. The van der Waals surface area contributed by atoms with Gasteiger partial charge in [0.25, 0.3) is 0 Å². The molecule has 31 heavy (non-hydrogen) atoms. The third-order valence-electron chi connectivity index (χ3n) is 7.09. The average Bonchev–Trinajstić information content (AvgIpc) is 3.19. The monoisotopic (exact) mass is 529 g/mol. The molecule has 0 saturated heterocycles. The Balaban J connectivity index is 0.000000327. The van der Waals surface area contributed by atoms with Crippen molar-refractivity contribution < 1.29 is 24.2 Å². The molecule has 0 aliphatic heterocycles. The molecular weight excluding hydrogens is 498 g/mol. The van der Waals surface area contributed by atoms with Crippen molar-refractivity contribution in [3.63, 3.8) is 0 Å². The summed E-state index contributed by atoms with van der Waals surface area (Å²) in [5.74, 6) is 0.512. The Hall–Kier alpha value is -0.747. The van der Waals surface area contributed by atoms with Crippen LogP contribution in [0.15, 0.2) is 53.1 Å². The van der Waals surface area contributed by atoms with Crippen molar-refractivity contribution in [2.24, 2.45) is 5.92 Å². The van der Waals surface area contributed by atoms with E-state index >= 15 is 0 Å². The van der Waals surface area contributed by atoms with Gasteiger partial charge in [-0.25, -0.2) is 0 Å². The van der Waals surface area contributed by atoms with Gasteiger partial charge in [0.15, 0.2) is 0 Å². The van der Waals surface area contributed by atoms with E-state index in [0.717, 1.165) is 6.42 Å². The van der Waals surface area contributed by atoms with Crippen LogP contribution in [0, 0.1) is 12.0 Å². The van der Waals surface area contributed by atoms with Crippen LogP contribution in [0.4, 0.5) is 0 Å². The summed E-state index contributed by atoms with van der Waals surface area (Å²) < 4.78 is 1.80. The number of hydrogen-bond acceptors (Lipinski definition) is 0. The predicted molar refractivity (Wildman–Crippen MR) is 136 cm³/mol. The number of halogens is 2. The van der Waals surface area contributed by atoms with Gasteiger partial charge in [-0.05, 0) is 38.7 Å². The molecule has 0 heterocycles. The fraction of sp³-hybridized carbons (Fsp3) is 0.393. The summed E-state index contributed by atoms with van der Waals surface area (Å²) in [5, 5.41) is 0. The van der Waals surface area contributed by atoms with Gasteiger partial charge in [-0.1, -0.05) is 59.0 Å². The fourth-order valence-corrected chi connectivity index (χ4v) is 5.86. The molecule has 5 rings (SSSR count). The second-order valence-corrected chi connectivity index (χ2v) is 10.6. The Bertz CT molecular complexity index is 1020. The molecule has 1 unspecified atom stereocenters. The first kappa shape index (κ1) is 26.5. The Morgan fingerprint density at radius 3 is 2.10 bits per heavy atom. The van der Waals surface area contributed by atoms with Crippen molar-refractivity contribution in [3.05, 3.63) is 75.9 Å². The van der Waals surface area contributed by atoms with Gasteiger partial charge in [-0.15, -0.1) is 59.7 Å². The van der Waals surface area contributed by atoms with Gasteiger partial charge in [0.05, 0.1) is 0 Å². The molecule has 3 heteroatoms. The standard InChI is InChI=1S/C22H21.C6H10.2ClH.Zr/c1-13-14(2)16(4)22(15(13)3)18-9-10-21-19(12-18)11-17-7-5-6-8-20(17)21;1-2-4-6-5-3-1;;;/h5-10,15H,11H2,1-4H3;1-5H2;2*1H;/q-1;;;;. The van der Waals surface area contributed by atoms with Gasteiger partial charge in [0, 0.05) is 0 Å². The van der Waals surface area contributed by atoms with Crippen molar-refractivity contribution in [1.29, 1.82) is 0 Å². The van der Waals surface area contributed by atoms with Gasteiger partial charge >= 0.3 is 59.5 Å². The summed E-state index contributed by atoms with van der Waals surface area (Å²) in [7, 11) is 0. The first-order chi connectivity index (χ1) is 14.0. The maximum absolute atomic E-state index is 3.73. The van der Waals surface area contributed by atoms with E-state index in [9.17, 15) is 0 Å². The first-order valence-corrected chi connectivity index (χ1v) is 12.3. The number of hydrogen-bond donors (Lipinski definition) is 0. The van der Waals surface area contributed by atoms with Crippen LogP contribution in [0.5, 0.6) is 0 Å². The van der Waals surface area contributed by atoms with E-state index in [1.807, 2.05) is 0 Å². The molecule has 0 nitrogen and oxygen atoms in total. The number of rotatable bonds is 1. The summed E-state index contributed by atoms with van der Waals surface area (Å²) in [6.45, 7) is 9.09. The molecule has 0 bridgehead atoms. The second-order valence-electron chi connectivity index (χ2n) is 8.83. The summed E-state index contributed by atoms with van der Waals surface area (Å²) in [6, 6.07) is 17.0. The van der Waals surface area contributed by atoms with Crippen molar-refractivity contribution in [3.8, 4) is 11.1 Å². The summed E-state index contributed by atoms with van der Waals surface area (Å²) in [4.78, 5) is 0. The minimum atomic E-state index is 0. The van der Waals surface area contributed by atoms with E-state index < -0.39 is 0 Å². The molecule has 0 N–H and O–H groups in total. The van der Waals surface area contributed by atoms with Gasteiger partial charge in [0.2, 0.25) is 0 Å². The molecule has 2 aromatic rings. The third-order valence-corrected chi connectivity index (χ3v) is 8.32. The molecule has 0 amide bonds. The second kappa shape index (κ2) is 11.4. The van der Waals surface area contributed by atoms with Crippen LogP contribution < -0.4 is 0 Å². The molecule has 0 aromatic heterocycles. The molecule has 164 valence electrons. The molecule has 3 aliphatic carbocycles. The summed E-state index contributed by atoms with van der Waals surface area (Å²) in [6.07, 6.45) is 8.33. The Kier molecular flexibility index (Phi) is 9.75. The van der Waals surface area contributed by atoms with E-state index in [4.69, 9.17) is 0 Å². The van der Waals surface area contributed by atoms with E-state index in [0.29, 0.717) is 5.92 Å². The van der Waals surface area contributed by atoms with Crippen LogP contribution in [-0.4, -0.2) is 3.21 Å². The van der Waals surface area contributed by atoms with E-state index in [1.165, 1.54) is 82.2 Å². The normalized spacial score (nSPS) is 19.1. The van der Waals surface area contributed by atoms with Crippen LogP contribution in [-0.2, 0) is 30.7 Å². The Morgan fingerprint density at radius 2 is 1.52 bits per heavy atom.